The molecule has 2 unspecified atom stereocenters. The molecular formula is C16H24N2OS. The number of hydrogen-bond donors (Lipinski definition) is 1. The van der Waals surface area contributed by atoms with E-state index in [1.165, 1.54) is 35.4 Å². The summed E-state index contributed by atoms with van der Waals surface area (Å²) in [7, 11) is 0. The molecule has 1 aliphatic heterocycles. The summed E-state index contributed by atoms with van der Waals surface area (Å²) in [5.74, 6) is 0.329. The van der Waals surface area contributed by atoms with E-state index in [1.54, 1.807) is 0 Å². The first kappa shape index (κ1) is 14.1. The van der Waals surface area contributed by atoms with Crippen LogP contribution in [0.2, 0.25) is 0 Å². The molecule has 2 aliphatic rings. The molecule has 2 heterocycles. The van der Waals surface area contributed by atoms with Crippen molar-refractivity contribution in [1.29, 1.82) is 0 Å². The minimum atomic E-state index is 0.0213. The minimum absolute atomic E-state index is 0.0213. The number of carbonyl (C=O) groups excluding carboxylic acids is 1. The fraction of sp³-hybridized carbons (Fsp3) is 0.688. The van der Waals surface area contributed by atoms with Crippen molar-refractivity contribution in [3.8, 4) is 0 Å². The van der Waals surface area contributed by atoms with E-state index in [9.17, 15) is 4.79 Å². The lowest BCUT2D eigenvalue weighted by molar-refractivity contribution is -0.132. The van der Waals surface area contributed by atoms with E-state index in [2.05, 4.69) is 36.2 Å². The smallest absolute Gasteiger partial charge is 0.241 e. The van der Waals surface area contributed by atoms with Gasteiger partial charge in [0, 0.05) is 15.8 Å². The molecule has 1 aromatic heterocycles. The molecule has 1 amide bonds. The number of amides is 1. The molecule has 0 radical (unpaired) electrons. The zero-order valence-corrected chi connectivity index (χ0v) is 13.2. The molecule has 0 spiro atoms. The maximum atomic E-state index is 12.7. The van der Waals surface area contributed by atoms with Gasteiger partial charge in [-0.25, -0.2) is 0 Å². The van der Waals surface area contributed by atoms with Crippen molar-refractivity contribution in [2.45, 2.75) is 70.6 Å². The average Bonchev–Trinajstić information content (AvgIpc) is 3.12. The molecule has 1 aromatic rings. The molecule has 3 nitrogen and oxygen atoms in total. The van der Waals surface area contributed by atoms with Crippen LogP contribution < -0.4 is 5.32 Å². The maximum absolute atomic E-state index is 12.7. The van der Waals surface area contributed by atoms with Crippen molar-refractivity contribution in [2.24, 2.45) is 0 Å². The van der Waals surface area contributed by atoms with E-state index >= 15 is 0 Å². The van der Waals surface area contributed by atoms with Gasteiger partial charge in [0.05, 0.1) is 6.04 Å². The molecule has 1 aliphatic carbocycles. The maximum Gasteiger partial charge on any atom is 0.241 e. The van der Waals surface area contributed by atoms with Crippen LogP contribution in [0.4, 0.5) is 0 Å². The molecule has 1 saturated heterocycles. The van der Waals surface area contributed by atoms with Gasteiger partial charge in [-0.05, 0) is 38.3 Å². The summed E-state index contributed by atoms with van der Waals surface area (Å²) in [6.45, 7) is 4.28. The largest absolute Gasteiger partial charge is 0.318 e. The lowest BCUT2D eigenvalue weighted by atomic mass is 10.1. The average molecular weight is 292 g/mol. The summed E-state index contributed by atoms with van der Waals surface area (Å²) in [5, 5.41) is 3.59. The normalized spacial score (nSPS) is 27.7. The minimum Gasteiger partial charge on any atom is -0.318 e. The molecule has 0 aromatic carbocycles. The molecular weight excluding hydrogens is 268 g/mol. The second-order valence-electron chi connectivity index (χ2n) is 6.04. The van der Waals surface area contributed by atoms with Crippen LogP contribution in [0.5, 0.6) is 0 Å². The summed E-state index contributed by atoms with van der Waals surface area (Å²) >= 11 is 1.81. The van der Waals surface area contributed by atoms with Crippen LogP contribution in [0.1, 0.15) is 61.4 Å². The number of hydrogen-bond acceptors (Lipinski definition) is 3. The number of nitrogens with zero attached hydrogens (tertiary/aromatic N) is 1. The summed E-state index contributed by atoms with van der Waals surface area (Å²) in [4.78, 5) is 17.5. The Hall–Kier alpha value is -0.870. The first-order valence-corrected chi connectivity index (χ1v) is 8.67. The van der Waals surface area contributed by atoms with Gasteiger partial charge in [-0.15, -0.1) is 11.3 Å². The van der Waals surface area contributed by atoms with Crippen molar-refractivity contribution in [3.63, 3.8) is 0 Å². The van der Waals surface area contributed by atoms with Crippen molar-refractivity contribution in [3.05, 3.63) is 21.9 Å². The van der Waals surface area contributed by atoms with E-state index < -0.39 is 0 Å². The summed E-state index contributed by atoms with van der Waals surface area (Å²) in [5.41, 5.74) is 0. The Balaban J connectivity index is 1.86. The Kier molecular flexibility index (Phi) is 4.13. The third kappa shape index (κ3) is 2.51. The molecule has 2 fully saturated rings. The van der Waals surface area contributed by atoms with Gasteiger partial charge in [0.2, 0.25) is 5.91 Å². The lowest BCUT2D eigenvalue weighted by Crippen LogP contribution is -2.38. The highest BCUT2D eigenvalue weighted by Crippen LogP contribution is 2.37. The molecule has 1 N–H and O–H groups in total. The zero-order valence-electron chi connectivity index (χ0n) is 12.4. The fourth-order valence-corrected chi connectivity index (χ4v) is 4.47. The van der Waals surface area contributed by atoms with Gasteiger partial charge in [0.15, 0.2) is 0 Å². The van der Waals surface area contributed by atoms with Crippen molar-refractivity contribution < 1.29 is 4.79 Å². The van der Waals surface area contributed by atoms with Crippen LogP contribution in [-0.4, -0.2) is 22.9 Å². The second-order valence-corrected chi connectivity index (χ2v) is 7.36. The van der Waals surface area contributed by atoms with Crippen LogP contribution in [-0.2, 0) is 4.79 Å². The van der Waals surface area contributed by atoms with Gasteiger partial charge in [-0.1, -0.05) is 26.2 Å². The number of carbonyl (C=O) groups is 1. The highest BCUT2D eigenvalue weighted by Gasteiger charge is 2.43. The van der Waals surface area contributed by atoms with Gasteiger partial charge in [0.1, 0.15) is 6.17 Å². The third-order valence-electron chi connectivity index (χ3n) is 4.52. The van der Waals surface area contributed by atoms with Crippen molar-refractivity contribution in [2.75, 3.05) is 0 Å². The van der Waals surface area contributed by atoms with Gasteiger partial charge < -0.3 is 4.90 Å². The van der Waals surface area contributed by atoms with Gasteiger partial charge in [-0.2, -0.15) is 0 Å². The molecule has 110 valence electrons. The zero-order chi connectivity index (χ0) is 14.1. The van der Waals surface area contributed by atoms with Gasteiger partial charge >= 0.3 is 0 Å². The van der Waals surface area contributed by atoms with Crippen molar-refractivity contribution >= 4 is 17.2 Å². The molecule has 2 atom stereocenters. The SMILES string of the molecule is CCCC1NC(c2ccc(C)s2)N(C2CCCC2)C1=O. The lowest BCUT2D eigenvalue weighted by Gasteiger charge is -2.29. The molecule has 4 heteroatoms. The molecule has 20 heavy (non-hydrogen) atoms. The Morgan fingerprint density at radius 3 is 2.70 bits per heavy atom. The molecule has 0 bridgehead atoms. The Bertz CT molecular complexity index is 479. The highest BCUT2D eigenvalue weighted by molar-refractivity contribution is 7.12. The monoisotopic (exact) mass is 292 g/mol. The van der Waals surface area contributed by atoms with Gasteiger partial charge in [0.25, 0.3) is 0 Å². The van der Waals surface area contributed by atoms with Crippen LogP contribution in [0, 0.1) is 6.92 Å². The van der Waals surface area contributed by atoms with Crippen LogP contribution in [0.25, 0.3) is 0 Å². The van der Waals surface area contributed by atoms with Crippen LogP contribution in [0.15, 0.2) is 12.1 Å². The quantitative estimate of drug-likeness (QED) is 0.919. The van der Waals surface area contributed by atoms with E-state index in [0.29, 0.717) is 11.9 Å². The number of aryl methyl sites for hydroxylation is 1. The molecule has 3 rings (SSSR count). The van der Waals surface area contributed by atoms with Gasteiger partial charge in [-0.3, -0.25) is 10.1 Å². The topological polar surface area (TPSA) is 32.3 Å². The number of nitrogens with one attached hydrogen (secondary N) is 1. The van der Waals surface area contributed by atoms with Crippen LogP contribution >= 0.6 is 11.3 Å². The first-order chi connectivity index (χ1) is 9.70. The predicted octanol–water partition coefficient (Wildman–Crippen LogP) is 3.60. The number of rotatable bonds is 4. The molecule has 1 saturated carbocycles. The van der Waals surface area contributed by atoms with E-state index in [4.69, 9.17) is 0 Å². The third-order valence-corrected chi connectivity index (χ3v) is 5.57. The number of thiophene rings is 1. The predicted molar refractivity (Wildman–Crippen MR) is 82.7 cm³/mol. The van der Waals surface area contributed by atoms with Crippen molar-refractivity contribution in [1.82, 2.24) is 10.2 Å². The summed E-state index contributed by atoms with van der Waals surface area (Å²) in [6, 6.07) is 4.81. The standard InChI is InChI=1S/C16H24N2OS/c1-3-6-13-16(19)18(12-7-4-5-8-12)15(17-13)14-10-9-11(2)20-14/h9-10,12-13,15,17H,3-8H2,1-2H3. The Labute approximate surface area is 125 Å². The summed E-state index contributed by atoms with van der Waals surface area (Å²) < 4.78 is 0. The van der Waals surface area contributed by atoms with E-state index in [-0.39, 0.29) is 12.2 Å². The fourth-order valence-electron chi connectivity index (χ4n) is 3.54. The first-order valence-electron chi connectivity index (χ1n) is 7.85. The highest BCUT2D eigenvalue weighted by atomic mass is 32.1. The Morgan fingerprint density at radius 1 is 1.35 bits per heavy atom. The Morgan fingerprint density at radius 2 is 2.10 bits per heavy atom. The summed E-state index contributed by atoms with van der Waals surface area (Å²) in [6.07, 6.45) is 6.99. The van der Waals surface area contributed by atoms with E-state index in [1.807, 2.05) is 11.3 Å². The van der Waals surface area contributed by atoms with E-state index in [0.717, 1.165) is 12.8 Å². The van der Waals surface area contributed by atoms with Crippen LogP contribution in [0.3, 0.4) is 0 Å². The second kappa shape index (κ2) is 5.86.